The van der Waals surface area contributed by atoms with Crippen LogP contribution in [0.25, 0.3) is 0 Å². The summed E-state index contributed by atoms with van der Waals surface area (Å²) in [6.07, 6.45) is 5.50. The Morgan fingerprint density at radius 1 is 1.44 bits per heavy atom. The molecule has 0 spiro atoms. The highest BCUT2D eigenvalue weighted by atomic mass is 16.5. The molecule has 0 aromatic carbocycles. The van der Waals surface area contributed by atoms with Crippen molar-refractivity contribution in [1.82, 2.24) is 9.97 Å². The minimum atomic E-state index is -0.446. The summed E-state index contributed by atoms with van der Waals surface area (Å²) in [5, 5.41) is 0. The number of nitrogens with one attached hydrogen (secondary N) is 1. The SMILES string of the molecule is CCCc1c(N)nc(C2(OC)CCCC2)[nH]c1=O. The summed E-state index contributed by atoms with van der Waals surface area (Å²) >= 11 is 0. The number of nitrogens with two attached hydrogens (primary N) is 1. The first-order valence-electron chi connectivity index (χ1n) is 6.57. The Kier molecular flexibility index (Phi) is 3.71. The minimum absolute atomic E-state index is 0.123. The third-order valence-electron chi connectivity index (χ3n) is 3.78. The molecular weight excluding hydrogens is 230 g/mol. The monoisotopic (exact) mass is 251 g/mol. The number of methoxy groups -OCH3 is 1. The van der Waals surface area contributed by atoms with Gasteiger partial charge in [-0.25, -0.2) is 4.98 Å². The van der Waals surface area contributed by atoms with Crippen molar-refractivity contribution in [1.29, 1.82) is 0 Å². The molecule has 1 aromatic heterocycles. The van der Waals surface area contributed by atoms with E-state index in [9.17, 15) is 4.79 Å². The van der Waals surface area contributed by atoms with E-state index < -0.39 is 5.60 Å². The number of anilines is 1. The van der Waals surface area contributed by atoms with Crippen molar-refractivity contribution in [2.45, 2.75) is 51.0 Å². The largest absolute Gasteiger partial charge is 0.383 e. The maximum absolute atomic E-state index is 12.0. The Bertz CT molecular complexity index is 476. The van der Waals surface area contributed by atoms with Crippen molar-refractivity contribution in [3.05, 3.63) is 21.7 Å². The number of ether oxygens (including phenoxy) is 1. The van der Waals surface area contributed by atoms with Gasteiger partial charge in [0.2, 0.25) is 0 Å². The summed E-state index contributed by atoms with van der Waals surface area (Å²) in [5.41, 5.74) is 5.92. The first-order valence-corrected chi connectivity index (χ1v) is 6.57. The number of hydrogen-bond donors (Lipinski definition) is 2. The minimum Gasteiger partial charge on any atom is -0.383 e. The molecule has 3 N–H and O–H groups in total. The zero-order valence-electron chi connectivity index (χ0n) is 11.1. The molecule has 0 amide bonds. The second-order valence-electron chi connectivity index (χ2n) is 4.93. The zero-order chi connectivity index (χ0) is 13.2. The molecule has 0 unspecified atom stereocenters. The fourth-order valence-electron chi connectivity index (χ4n) is 2.71. The van der Waals surface area contributed by atoms with Gasteiger partial charge in [-0.15, -0.1) is 0 Å². The first kappa shape index (κ1) is 13.1. The lowest BCUT2D eigenvalue weighted by molar-refractivity contribution is -0.0164. The van der Waals surface area contributed by atoms with Gasteiger partial charge in [-0.3, -0.25) is 4.79 Å². The summed E-state index contributed by atoms with van der Waals surface area (Å²) in [4.78, 5) is 19.3. The highest BCUT2D eigenvalue weighted by Crippen LogP contribution is 2.39. The highest BCUT2D eigenvalue weighted by molar-refractivity contribution is 5.38. The van der Waals surface area contributed by atoms with Crippen molar-refractivity contribution in [3.63, 3.8) is 0 Å². The fraction of sp³-hybridized carbons (Fsp3) is 0.692. The van der Waals surface area contributed by atoms with Gasteiger partial charge in [0.15, 0.2) is 0 Å². The maximum atomic E-state index is 12.0. The Balaban J connectivity index is 2.44. The van der Waals surface area contributed by atoms with Crippen LogP contribution in [0, 0.1) is 0 Å². The van der Waals surface area contributed by atoms with E-state index in [-0.39, 0.29) is 5.56 Å². The van der Waals surface area contributed by atoms with E-state index in [2.05, 4.69) is 9.97 Å². The summed E-state index contributed by atoms with van der Waals surface area (Å²) in [7, 11) is 1.67. The number of nitrogen functional groups attached to an aromatic ring is 1. The van der Waals surface area contributed by atoms with E-state index in [1.54, 1.807) is 7.11 Å². The molecule has 0 saturated heterocycles. The van der Waals surface area contributed by atoms with E-state index in [0.29, 0.717) is 23.6 Å². The number of aromatic nitrogens is 2. The predicted octanol–water partition coefficient (Wildman–Crippen LogP) is 1.72. The number of H-pyrrole nitrogens is 1. The molecule has 100 valence electrons. The molecule has 5 nitrogen and oxygen atoms in total. The Labute approximate surface area is 107 Å². The molecule has 5 heteroatoms. The molecule has 18 heavy (non-hydrogen) atoms. The molecule has 0 atom stereocenters. The highest BCUT2D eigenvalue weighted by Gasteiger charge is 2.38. The average molecular weight is 251 g/mol. The van der Waals surface area contributed by atoms with Crippen LogP contribution in [0.5, 0.6) is 0 Å². The Morgan fingerprint density at radius 3 is 2.61 bits per heavy atom. The molecule has 0 aliphatic heterocycles. The van der Waals surface area contributed by atoms with Crippen molar-refractivity contribution in [2.24, 2.45) is 0 Å². The standard InChI is InChI=1S/C13H21N3O2/c1-3-6-9-10(14)15-12(16-11(9)17)13(18-2)7-4-5-8-13/h3-8H2,1-2H3,(H3,14,15,16,17). The Hall–Kier alpha value is -1.36. The molecule has 1 saturated carbocycles. The van der Waals surface area contributed by atoms with Gasteiger partial charge in [-0.2, -0.15) is 0 Å². The third-order valence-corrected chi connectivity index (χ3v) is 3.78. The molecule has 1 aliphatic rings. The van der Waals surface area contributed by atoms with Crippen molar-refractivity contribution < 1.29 is 4.74 Å². The van der Waals surface area contributed by atoms with Crippen LogP contribution in [0.3, 0.4) is 0 Å². The molecule has 0 radical (unpaired) electrons. The van der Waals surface area contributed by atoms with Crippen molar-refractivity contribution in [3.8, 4) is 0 Å². The number of nitrogens with zero attached hydrogens (tertiary/aromatic N) is 1. The average Bonchev–Trinajstić information content (AvgIpc) is 2.83. The molecule has 1 aromatic rings. The van der Waals surface area contributed by atoms with Crippen LogP contribution < -0.4 is 11.3 Å². The second-order valence-corrected chi connectivity index (χ2v) is 4.93. The van der Waals surface area contributed by atoms with Gasteiger partial charge < -0.3 is 15.5 Å². The van der Waals surface area contributed by atoms with E-state index in [4.69, 9.17) is 10.5 Å². The van der Waals surface area contributed by atoms with Crippen LogP contribution in [0.1, 0.15) is 50.4 Å². The summed E-state index contributed by atoms with van der Waals surface area (Å²) in [5.74, 6) is 0.934. The van der Waals surface area contributed by atoms with Gasteiger partial charge in [-0.1, -0.05) is 13.3 Å². The normalized spacial score (nSPS) is 18.1. The Morgan fingerprint density at radius 2 is 2.11 bits per heavy atom. The molecule has 1 heterocycles. The lowest BCUT2D eigenvalue weighted by Crippen LogP contribution is -2.32. The van der Waals surface area contributed by atoms with Crippen LogP contribution in [0.2, 0.25) is 0 Å². The van der Waals surface area contributed by atoms with E-state index in [1.807, 2.05) is 6.92 Å². The molecular formula is C13H21N3O2. The van der Waals surface area contributed by atoms with Gasteiger partial charge in [0.25, 0.3) is 5.56 Å². The van der Waals surface area contributed by atoms with Gasteiger partial charge in [-0.05, 0) is 32.1 Å². The molecule has 1 aliphatic carbocycles. The van der Waals surface area contributed by atoms with Crippen molar-refractivity contribution >= 4 is 5.82 Å². The summed E-state index contributed by atoms with van der Waals surface area (Å²) in [6.45, 7) is 2.01. The van der Waals surface area contributed by atoms with Gasteiger partial charge >= 0.3 is 0 Å². The van der Waals surface area contributed by atoms with Crippen molar-refractivity contribution in [2.75, 3.05) is 12.8 Å². The quantitative estimate of drug-likeness (QED) is 0.853. The summed E-state index contributed by atoms with van der Waals surface area (Å²) < 4.78 is 5.61. The number of hydrogen-bond acceptors (Lipinski definition) is 4. The van der Waals surface area contributed by atoms with E-state index in [0.717, 1.165) is 32.1 Å². The van der Waals surface area contributed by atoms with Gasteiger partial charge in [0.1, 0.15) is 17.2 Å². The number of aromatic amines is 1. The predicted molar refractivity (Wildman–Crippen MR) is 70.4 cm³/mol. The smallest absolute Gasteiger partial charge is 0.256 e. The van der Waals surface area contributed by atoms with E-state index in [1.165, 1.54) is 0 Å². The van der Waals surface area contributed by atoms with Gasteiger partial charge in [0, 0.05) is 7.11 Å². The van der Waals surface area contributed by atoms with E-state index >= 15 is 0 Å². The topological polar surface area (TPSA) is 81.0 Å². The van der Waals surface area contributed by atoms with Crippen LogP contribution in [-0.2, 0) is 16.8 Å². The molecule has 1 fully saturated rings. The first-order chi connectivity index (χ1) is 8.63. The third kappa shape index (κ3) is 2.14. The molecule has 2 rings (SSSR count). The van der Waals surface area contributed by atoms with Crippen LogP contribution in [-0.4, -0.2) is 17.1 Å². The maximum Gasteiger partial charge on any atom is 0.256 e. The van der Waals surface area contributed by atoms with Crippen LogP contribution in [0.4, 0.5) is 5.82 Å². The second kappa shape index (κ2) is 5.10. The van der Waals surface area contributed by atoms with Gasteiger partial charge in [0.05, 0.1) is 5.56 Å². The van der Waals surface area contributed by atoms with Crippen LogP contribution in [0.15, 0.2) is 4.79 Å². The lowest BCUT2D eigenvalue weighted by Gasteiger charge is -2.26. The number of rotatable bonds is 4. The summed E-state index contributed by atoms with van der Waals surface area (Å²) in [6, 6.07) is 0. The van der Waals surface area contributed by atoms with Crippen LogP contribution >= 0.6 is 0 Å². The fourth-order valence-corrected chi connectivity index (χ4v) is 2.71. The molecule has 0 bridgehead atoms. The zero-order valence-corrected chi connectivity index (χ0v) is 11.1. The lowest BCUT2D eigenvalue weighted by atomic mass is 10.0.